The number of ether oxygens (including phenoxy) is 1. The molecule has 0 spiro atoms. The standard InChI is InChI=1S/C25H32FN7O3/c1-16(2)33-23(34)32(15-29-33)21-8-7-18(11-20(21)26)19-12-27-22(28-13-19)31-10-9-30(14-17(31)3)24(35)36-25(4,5)6/h7-8,11-13,15-17H,9-10,14H2,1-6H3. The van der Waals surface area contributed by atoms with Gasteiger partial charge in [-0.15, -0.1) is 0 Å². The monoisotopic (exact) mass is 497 g/mol. The summed E-state index contributed by atoms with van der Waals surface area (Å²) in [6, 6.07) is 4.50. The van der Waals surface area contributed by atoms with Gasteiger partial charge >= 0.3 is 11.8 Å². The SMILES string of the molecule is CC1CN(C(=O)OC(C)(C)C)CCN1c1ncc(-c2ccc(-n3cnn(C(C)C)c3=O)c(F)c2)cn1. The van der Waals surface area contributed by atoms with Crippen LogP contribution in [0, 0.1) is 5.82 Å². The van der Waals surface area contributed by atoms with Crippen LogP contribution in [0.25, 0.3) is 16.8 Å². The summed E-state index contributed by atoms with van der Waals surface area (Å²) in [5.41, 5.74) is 0.430. The molecule has 3 heterocycles. The molecule has 2 aromatic heterocycles. The van der Waals surface area contributed by atoms with Crippen LogP contribution in [0.15, 0.2) is 41.7 Å². The molecule has 1 fully saturated rings. The molecule has 0 radical (unpaired) electrons. The summed E-state index contributed by atoms with van der Waals surface area (Å²) in [5, 5.41) is 4.05. The molecule has 1 unspecified atom stereocenters. The molecule has 36 heavy (non-hydrogen) atoms. The van der Waals surface area contributed by atoms with Gasteiger partial charge in [0.15, 0.2) is 0 Å². The highest BCUT2D eigenvalue weighted by atomic mass is 19.1. The summed E-state index contributed by atoms with van der Waals surface area (Å²) in [5.74, 6) is -0.00583. The summed E-state index contributed by atoms with van der Waals surface area (Å²) in [6.07, 6.45) is 4.29. The molecule has 1 aliphatic rings. The molecular weight excluding hydrogens is 465 g/mol. The Morgan fingerprint density at radius 1 is 1.14 bits per heavy atom. The molecule has 0 N–H and O–H groups in total. The van der Waals surface area contributed by atoms with Crippen LogP contribution in [0.1, 0.15) is 47.6 Å². The molecule has 11 heteroatoms. The van der Waals surface area contributed by atoms with Crippen LogP contribution in [0.4, 0.5) is 15.1 Å². The number of piperazine rings is 1. The van der Waals surface area contributed by atoms with E-state index in [0.717, 1.165) is 0 Å². The number of benzene rings is 1. The lowest BCUT2D eigenvalue weighted by Crippen LogP contribution is -2.55. The van der Waals surface area contributed by atoms with Crippen molar-refractivity contribution in [2.24, 2.45) is 0 Å². The van der Waals surface area contributed by atoms with Gasteiger partial charge in [0.25, 0.3) is 0 Å². The quantitative estimate of drug-likeness (QED) is 0.543. The van der Waals surface area contributed by atoms with E-state index in [0.29, 0.717) is 36.7 Å². The van der Waals surface area contributed by atoms with E-state index in [-0.39, 0.29) is 23.9 Å². The Kier molecular flexibility index (Phi) is 6.83. The van der Waals surface area contributed by atoms with Crippen molar-refractivity contribution in [3.05, 3.63) is 53.2 Å². The third-order valence-electron chi connectivity index (χ3n) is 5.90. The van der Waals surface area contributed by atoms with Crippen molar-refractivity contribution in [3.8, 4) is 16.8 Å². The molecule has 0 saturated carbocycles. The molecule has 0 aliphatic carbocycles. The van der Waals surface area contributed by atoms with Crippen LogP contribution < -0.4 is 10.6 Å². The number of nitrogens with zero attached hydrogens (tertiary/aromatic N) is 7. The third kappa shape index (κ3) is 5.24. The van der Waals surface area contributed by atoms with Gasteiger partial charge < -0.3 is 14.5 Å². The Bertz CT molecular complexity index is 1290. The number of aromatic nitrogens is 5. The zero-order chi connectivity index (χ0) is 26.2. The molecule has 0 bridgehead atoms. The predicted octanol–water partition coefficient (Wildman–Crippen LogP) is 3.66. The van der Waals surface area contributed by atoms with Crippen molar-refractivity contribution in [2.45, 2.75) is 59.2 Å². The second-order valence-electron chi connectivity index (χ2n) is 10.2. The normalized spacial score (nSPS) is 16.5. The summed E-state index contributed by atoms with van der Waals surface area (Å²) in [4.78, 5) is 37.6. The van der Waals surface area contributed by atoms with Gasteiger partial charge in [0, 0.05) is 43.6 Å². The molecule has 10 nitrogen and oxygen atoms in total. The van der Waals surface area contributed by atoms with Crippen molar-refractivity contribution in [3.63, 3.8) is 0 Å². The Hall–Kier alpha value is -3.76. The maximum atomic E-state index is 14.9. The highest BCUT2D eigenvalue weighted by molar-refractivity contribution is 5.69. The molecule has 1 saturated heterocycles. The van der Waals surface area contributed by atoms with Crippen molar-refractivity contribution in [1.29, 1.82) is 0 Å². The number of anilines is 1. The van der Waals surface area contributed by atoms with E-state index in [9.17, 15) is 14.0 Å². The lowest BCUT2D eigenvalue weighted by molar-refractivity contribution is 0.0218. The summed E-state index contributed by atoms with van der Waals surface area (Å²) >= 11 is 0. The Labute approximate surface area is 209 Å². The van der Waals surface area contributed by atoms with Crippen LogP contribution in [-0.2, 0) is 4.74 Å². The van der Waals surface area contributed by atoms with Gasteiger partial charge in [0.2, 0.25) is 5.95 Å². The number of hydrogen-bond acceptors (Lipinski definition) is 7. The summed E-state index contributed by atoms with van der Waals surface area (Å²) in [7, 11) is 0. The molecule has 3 aromatic rings. The minimum atomic E-state index is -0.547. The van der Waals surface area contributed by atoms with E-state index < -0.39 is 17.1 Å². The van der Waals surface area contributed by atoms with E-state index in [1.807, 2.05) is 46.4 Å². The summed E-state index contributed by atoms with van der Waals surface area (Å²) < 4.78 is 22.9. The van der Waals surface area contributed by atoms with Gasteiger partial charge in [-0.25, -0.2) is 33.2 Å². The van der Waals surface area contributed by atoms with E-state index >= 15 is 0 Å². The fraction of sp³-hybridized carbons (Fsp3) is 0.480. The maximum absolute atomic E-state index is 14.9. The molecule has 4 rings (SSSR count). The second kappa shape index (κ2) is 9.71. The minimum absolute atomic E-state index is 0.00101. The fourth-order valence-electron chi connectivity index (χ4n) is 4.08. The maximum Gasteiger partial charge on any atom is 0.410 e. The van der Waals surface area contributed by atoms with Crippen molar-refractivity contribution < 1.29 is 13.9 Å². The van der Waals surface area contributed by atoms with Crippen LogP contribution in [0.5, 0.6) is 0 Å². The molecule has 1 amide bonds. The lowest BCUT2D eigenvalue weighted by Gasteiger charge is -2.40. The smallest absolute Gasteiger partial charge is 0.410 e. The zero-order valence-corrected chi connectivity index (χ0v) is 21.5. The molecule has 1 atom stereocenters. The second-order valence-corrected chi connectivity index (χ2v) is 10.2. The number of carbonyl (C=O) groups is 1. The summed E-state index contributed by atoms with van der Waals surface area (Å²) in [6.45, 7) is 12.8. The van der Waals surface area contributed by atoms with Crippen LogP contribution in [0.2, 0.25) is 0 Å². The van der Waals surface area contributed by atoms with Gasteiger partial charge in [-0.2, -0.15) is 5.10 Å². The van der Waals surface area contributed by atoms with Crippen molar-refractivity contribution >= 4 is 12.0 Å². The Morgan fingerprint density at radius 3 is 2.39 bits per heavy atom. The van der Waals surface area contributed by atoms with E-state index in [1.165, 1.54) is 21.6 Å². The Balaban J connectivity index is 1.47. The van der Waals surface area contributed by atoms with Crippen molar-refractivity contribution in [1.82, 2.24) is 29.2 Å². The van der Waals surface area contributed by atoms with Gasteiger partial charge in [0.05, 0.1) is 11.7 Å². The first-order valence-corrected chi connectivity index (χ1v) is 12.0. The fourth-order valence-corrected chi connectivity index (χ4v) is 4.08. The highest BCUT2D eigenvalue weighted by Gasteiger charge is 2.31. The van der Waals surface area contributed by atoms with Gasteiger partial charge in [-0.1, -0.05) is 6.07 Å². The first-order chi connectivity index (χ1) is 16.9. The largest absolute Gasteiger partial charge is 0.444 e. The molecule has 192 valence electrons. The van der Waals surface area contributed by atoms with E-state index in [1.54, 1.807) is 29.4 Å². The van der Waals surface area contributed by atoms with Gasteiger partial charge in [0.1, 0.15) is 17.7 Å². The zero-order valence-electron chi connectivity index (χ0n) is 21.5. The van der Waals surface area contributed by atoms with Gasteiger partial charge in [-0.3, -0.25) is 0 Å². The third-order valence-corrected chi connectivity index (χ3v) is 5.90. The number of halogens is 1. The molecule has 1 aliphatic heterocycles. The van der Waals surface area contributed by atoms with Crippen LogP contribution in [-0.4, -0.2) is 66.6 Å². The highest BCUT2D eigenvalue weighted by Crippen LogP contribution is 2.24. The first-order valence-electron chi connectivity index (χ1n) is 12.0. The van der Waals surface area contributed by atoms with Crippen molar-refractivity contribution in [2.75, 3.05) is 24.5 Å². The molecule has 1 aromatic carbocycles. The molecular formula is C25H32FN7O3. The number of rotatable bonds is 4. The average molecular weight is 498 g/mol. The predicted molar refractivity (Wildman–Crippen MR) is 134 cm³/mol. The lowest BCUT2D eigenvalue weighted by atomic mass is 10.1. The van der Waals surface area contributed by atoms with E-state index in [2.05, 4.69) is 15.1 Å². The topological polar surface area (TPSA) is 98.4 Å². The van der Waals surface area contributed by atoms with Crippen LogP contribution in [0.3, 0.4) is 0 Å². The number of hydrogen-bond donors (Lipinski definition) is 0. The average Bonchev–Trinajstić information content (AvgIpc) is 3.19. The van der Waals surface area contributed by atoms with E-state index in [4.69, 9.17) is 4.74 Å². The number of carbonyl (C=O) groups excluding carboxylic acids is 1. The number of amides is 1. The minimum Gasteiger partial charge on any atom is -0.444 e. The van der Waals surface area contributed by atoms with Gasteiger partial charge in [-0.05, 0) is 59.2 Å². The van der Waals surface area contributed by atoms with Crippen LogP contribution >= 0.6 is 0 Å². The Morgan fingerprint density at radius 2 is 1.83 bits per heavy atom. The first kappa shape index (κ1) is 25.3.